The molecule has 1 heterocycles. The molecule has 98 valence electrons. The Hall–Kier alpha value is -2.40. The van der Waals surface area contributed by atoms with Crippen LogP contribution in [-0.2, 0) is 13.2 Å². The van der Waals surface area contributed by atoms with Crippen molar-refractivity contribution in [3.05, 3.63) is 59.4 Å². The Bertz CT molecular complexity index is 584. The molecule has 0 atom stereocenters. The highest BCUT2D eigenvalue weighted by Gasteiger charge is 2.02. The summed E-state index contributed by atoms with van der Waals surface area (Å²) in [4.78, 5) is 3.98. The molecule has 0 aliphatic carbocycles. The van der Waals surface area contributed by atoms with Gasteiger partial charge in [-0.25, -0.2) is 0 Å². The van der Waals surface area contributed by atoms with Gasteiger partial charge in [-0.05, 0) is 35.4 Å². The Morgan fingerprint density at radius 3 is 2.84 bits per heavy atom. The summed E-state index contributed by atoms with van der Waals surface area (Å²) in [7, 11) is 0. The van der Waals surface area contributed by atoms with E-state index in [1.54, 1.807) is 18.3 Å². The van der Waals surface area contributed by atoms with E-state index in [9.17, 15) is 0 Å². The Morgan fingerprint density at radius 2 is 2.11 bits per heavy atom. The molecule has 1 aromatic heterocycles. The van der Waals surface area contributed by atoms with Crippen molar-refractivity contribution in [1.82, 2.24) is 4.98 Å². The number of aromatic nitrogens is 1. The summed E-state index contributed by atoms with van der Waals surface area (Å²) in [6.07, 6.45) is 1.60. The standard InChI is InChI=1S/C14H15N3O2/c15-14(16)13-7-11(4-5-17-13)9-19-12-3-1-2-10(6-12)8-18/h1-7,18H,8-9H2,(H3,15,16). The highest BCUT2D eigenvalue weighted by atomic mass is 16.5. The second-order valence-corrected chi connectivity index (χ2v) is 4.06. The van der Waals surface area contributed by atoms with Crippen LogP contribution < -0.4 is 10.5 Å². The van der Waals surface area contributed by atoms with E-state index < -0.39 is 0 Å². The summed E-state index contributed by atoms with van der Waals surface area (Å²) in [5.74, 6) is 0.622. The van der Waals surface area contributed by atoms with E-state index in [4.69, 9.17) is 21.0 Å². The molecule has 5 heteroatoms. The van der Waals surface area contributed by atoms with Crippen molar-refractivity contribution in [2.45, 2.75) is 13.2 Å². The van der Waals surface area contributed by atoms with Gasteiger partial charge < -0.3 is 15.6 Å². The van der Waals surface area contributed by atoms with Gasteiger partial charge in [0.2, 0.25) is 0 Å². The van der Waals surface area contributed by atoms with Crippen LogP contribution in [-0.4, -0.2) is 15.9 Å². The monoisotopic (exact) mass is 257 g/mol. The number of ether oxygens (including phenoxy) is 1. The number of nitrogens with zero attached hydrogens (tertiary/aromatic N) is 1. The van der Waals surface area contributed by atoms with Crippen molar-refractivity contribution in [2.24, 2.45) is 5.73 Å². The maximum Gasteiger partial charge on any atom is 0.141 e. The van der Waals surface area contributed by atoms with E-state index >= 15 is 0 Å². The molecule has 19 heavy (non-hydrogen) atoms. The number of aliphatic hydroxyl groups is 1. The number of hydrogen-bond acceptors (Lipinski definition) is 4. The SMILES string of the molecule is N=C(N)c1cc(COc2cccc(CO)c2)ccn1. The molecule has 2 aromatic rings. The van der Waals surface area contributed by atoms with Crippen LogP contribution >= 0.6 is 0 Å². The van der Waals surface area contributed by atoms with Gasteiger partial charge in [0.05, 0.1) is 6.61 Å². The van der Waals surface area contributed by atoms with Crippen molar-refractivity contribution < 1.29 is 9.84 Å². The lowest BCUT2D eigenvalue weighted by Gasteiger charge is -2.08. The average molecular weight is 257 g/mol. The zero-order valence-electron chi connectivity index (χ0n) is 10.3. The van der Waals surface area contributed by atoms with Gasteiger partial charge in [0, 0.05) is 6.20 Å². The van der Waals surface area contributed by atoms with Crippen molar-refractivity contribution in [1.29, 1.82) is 5.41 Å². The molecule has 0 saturated heterocycles. The third kappa shape index (κ3) is 3.53. The van der Waals surface area contributed by atoms with E-state index in [0.29, 0.717) is 18.1 Å². The number of rotatable bonds is 5. The highest BCUT2D eigenvalue weighted by Crippen LogP contribution is 2.15. The van der Waals surface area contributed by atoms with Gasteiger partial charge in [-0.1, -0.05) is 12.1 Å². The number of aliphatic hydroxyl groups excluding tert-OH is 1. The molecule has 0 spiro atoms. The summed E-state index contributed by atoms with van der Waals surface area (Å²) in [5, 5.41) is 16.4. The Morgan fingerprint density at radius 1 is 1.26 bits per heavy atom. The van der Waals surface area contributed by atoms with E-state index in [1.165, 1.54) is 0 Å². The lowest BCUT2D eigenvalue weighted by molar-refractivity contribution is 0.278. The van der Waals surface area contributed by atoms with Crippen molar-refractivity contribution in [3.63, 3.8) is 0 Å². The number of nitrogens with two attached hydrogens (primary N) is 1. The molecule has 0 unspecified atom stereocenters. The maximum absolute atomic E-state index is 9.04. The molecule has 2 rings (SSSR count). The molecule has 0 bridgehead atoms. The van der Waals surface area contributed by atoms with Crippen LogP contribution in [0.2, 0.25) is 0 Å². The quantitative estimate of drug-likeness (QED) is 0.558. The summed E-state index contributed by atoms with van der Waals surface area (Å²) in [5.41, 5.74) is 7.50. The van der Waals surface area contributed by atoms with Gasteiger partial charge in [-0.15, -0.1) is 0 Å². The average Bonchev–Trinajstić information content (AvgIpc) is 2.45. The van der Waals surface area contributed by atoms with Crippen molar-refractivity contribution in [3.8, 4) is 5.75 Å². The second kappa shape index (κ2) is 5.97. The van der Waals surface area contributed by atoms with Gasteiger partial charge >= 0.3 is 0 Å². The van der Waals surface area contributed by atoms with Crippen LogP contribution in [0.1, 0.15) is 16.8 Å². The van der Waals surface area contributed by atoms with E-state index in [0.717, 1.165) is 11.1 Å². The molecular formula is C14H15N3O2. The van der Waals surface area contributed by atoms with Gasteiger partial charge in [0.1, 0.15) is 23.9 Å². The minimum absolute atomic E-state index is 0.0130. The lowest BCUT2D eigenvalue weighted by Crippen LogP contribution is -2.13. The Labute approximate surface area is 111 Å². The number of nitrogen functional groups attached to an aromatic ring is 1. The van der Waals surface area contributed by atoms with Crippen LogP contribution in [0.3, 0.4) is 0 Å². The van der Waals surface area contributed by atoms with Crippen molar-refractivity contribution in [2.75, 3.05) is 0 Å². The Balaban J connectivity index is 2.05. The molecule has 0 saturated carbocycles. The number of nitrogens with one attached hydrogen (secondary N) is 1. The topological polar surface area (TPSA) is 92.2 Å². The third-order valence-corrected chi connectivity index (χ3v) is 2.59. The first-order valence-corrected chi connectivity index (χ1v) is 5.81. The minimum atomic E-state index is -0.0656. The molecular weight excluding hydrogens is 242 g/mol. The molecule has 0 amide bonds. The van der Waals surface area contributed by atoms with Crippen LogP contribution in [0.15, 0.2) is 42.6 Å². The normalized spacial score (nSPS) is 10.2. The van der Waals surface area contributed by atoms with E-state index in [2.05, 4.69) is 4.98 Å². The van der Waals surface area contributed by atoms with Gasteiger partial charge in [-0.3, -0.25) is 10.4 Å². The van der Waals surface area contributed by atoms with E-state index in [1.807, 2.05) is 24.3 Å². The lowest BCUT2D eigenvalue weighted by atomic mass is 10.2. The zero-order valence-corrected chi connectivity index (χ0v) is 10.3. The fourth-order valence-corrected chi connectivity index (χ4v) is 1.61. The first kappa shape index (κ1) is 13.0. The molecule has 0 radical (unpaired) electrons. The largest absolute Gasteiger partial charge is 0.489 e. The minimum Gasteiger partial charge on any atom is -0.489 e. The molecule has 5 nitrogen and oxygen atoms in total. The van der Waals surface area contributed by atoms with Crippen LogP contribution in [0.4, 0.5) is 0 Å². The number of amidine groups is 1. The first-order chi connectivity index (χ1) is 9.19. The van der Waals surface area contributed by atoms with Crippen LogP contribution in [0, 0.1) is 5.41 Å². The molecule has 0 aliphatic heterocycles. The fourth-order valence-electron chi connectivity index (χ4n) is 1.61. The smallest absolute Gasteiger partial charge is 0.141 e. The summed E-state index contributed by atoms with van der Waals surface area (Å²) in [6.45, 7) is 0.346. The molecule has 0 fully saturated rings. The van der Waals surface area contributed by atoms with Gasteiger partial charge in [-0.2, -0.15) is 0 Å². The number of pyridine rings is 1. The first-order valence-electron chi connectivity index (χ1n) is 5.81. The Kier molecular flexibility index (Phi) is 4.10. The van der Waals surface area contributed by atoms with Crippen LogP contribution in [0.25, 0.3) is 0 Å². The highest BCUT2D eigenvalue weighted by molar-refractivity contribution is 5.93. The maximum atomic E-state index is 9.04. The summed E-state index contributed by atoms with van der Waals surface area (Å²) in [6, 6.07) is 10.8. The fraction of sp³-hybridized carbons (Fsp3) is 0.143. The predicted octanol–water partition coefficient (Wildman–Crippen LogP) is 1.44. The van der Waals surface area contributed by atoms with E-state index in [-0.39, 0.29) is 12.4 Å². The summed E-state index contributed by atoms with van der Waals surface area (Å²) >= 11 is 0. The van der Waals surface area contributed by atoms with Crippen LogP contribution in [0.5, 0.6) is 5.75 Å². The number of hydrogen-bond donors (Lipinski definition) is 3. The predicted molar refractivity (Wildman–Crippen MR) is 71.9 cm³/mol. The summed E-state index contributed by atoms with van der Waals surface area (Å²) < 4.78 is 5.62. The molecule has 1 aromatic carbocycles. The molecule has 4 N–H and O–H groups in total. The van der Waals surface area contributed by atoms with Gasteiger partial charge in [0.25, 0.3) is 0 Å². The number of benzene rings is 1. The third-order valence-electron chi connectivity index (χ3n) is 2.59. The van der Waals surface area contributed by atoms with Gasteiger partial charge in [0.15, 0.2) is 0 Å². The van der Waals surface area contributed by atoms with Crippen molar-refractivity contribution >= 4 is 5.84 Å². The molecule has 0 aliphatic rings. The zero-order chi connectivity index (χ0) is 13.7. The second-order valence-electron chi connectivity index (χ2n) is 4.06.